The Morgan fingerprint density at radius 3 is 2.78 bits per heavy atom. The zero-order chi connectivity index (χ0) is 16.2. The monoisotopic (exact) mass is 453 g/mol. The Morgan fingerprint density at radius 2 is 2.09 bits per heavy atom. The van der Waals surface area contributed by atoms with E-state index in [4.69, 9.17) is 4.42 Å². The van der Waals surface area contributed by atoms with Crippen LogP contribution >= 0.6 is 43.6 Å². The highest BCUT2D eigenvalue weighted by molar-refractivity contribution is 9.10. The lowest BCUT2D eigenvalue weighted by atomic mass is 10.2. The molecule has 0 aliphatic heterocycles. The number of allylic oxidation sites excluding steroid dienone is 1. The summed E-state index contributed by atoms with van der Waals surface area (Å²) in [5.41, 5.74) is 1.22. The van der Waals surface area contributed by atoms with E-state index in [-0.39, 0.29) is 0 Å². The van der Waals surface area contributed by atoms with Gasteiger partial charge in [-0.1, -0.05) is 45.9 Å². The van der Waals surface area contributed by atoms with Crippen LogP contribution < -0.4 is 0 Å². The number of rotatable bonds is 6. The molecule has 2 aromatic heterocycles. The summed E-state index contributed by atoms with van der Waals surface area (Å²) in [6.45, 7) is 4.44. The Kier molecular flexibility index (Phi) is 5.40. The van der Waals surface area contributed by atoms with Crippen molar-refractivity contribution < 1.29 is 4.42 Å². The summed E-state index contributed by atoms with van der Waals surface area (Å²) in [6, 6.07) is 12.0. The minimum Gasteiger partial charge on any atom is -0.446 e. The smallest absolute Gasteiger partial charge is 0.200 e. The number of aromatic nitrogens is 3. The van der Waals surface area contributed by atoms with Crippen LogP contribution in [0.25, 0.3) is 11.6 Å². The number of benzene rings is 1. The van der Waals surface area contributed by atoms with Gasteiger partial charge in [-0.25, -0.2) is 0 Å². The van der Waals surface area contributed by atoms with Crippen molar-refractivity contribution in [2.75, 3.05) is 0 Å². The molecule has 0 unspecified atom stereocenters. The molecule has 3 aromatic rings. The Labute approximate surface area is 155 Å². The van der Waals surface area contributed by atoms with Crippen LogP contribution in [-0.4, -0.2) is 14.8 Å². The average molecular weight is 455 g/mol. The van der Waals surface area contributed by atoms with Crippen LogP contribution in [0.2, 0.25) is 0 Å². The Hall–Kier alpha value is -1.31. The molecule has 0 N–H and O–H groups in total. The molecule has 3 rings (SSSR count). The topological polar surface area (TPSA) is 43.9 Å². The van der Waals surface area contributed by atoms with E-state index in [0.717, 1.165) is 15.4 Å². The maximum atomic E-state index is 5.59. The highest BCUT2D eigenvalue weighted by Gasteiger charge is 2.16. The first-order chi connectivity index (χ1) is 11.2. The molecule has 1 aromatic carbocycles. The number of nitrogens with zero attached hydrogens (tertiary/aromatic N) is 3. The molecular weight excluding hydrogens is 442 g/mol. The average Bonchev–Trinajstić information content (AvgIpc) is 3.12. The fraction of sp³-hybridized carbons (Fsp3) is 0.125. The van der Waals surface area contributed by atoms with E-state index in [2.05, 4.69) is 60.8 Å². The molecule has 0 amide bonds. The fourth-order valence-electron chi connectivity index (χ4n) is 2.08. The zero-order valence-corrected chi connectivity index (χ0v) is 16.1. The molecule has 118 valence electrons. The Balaban J connectivity index is 1.84. The number of halogens is 2. The van der Waals surface area contributed by atoms with Gasteiger partial charge in [-0.2, -0.15) is 0 Å². The van der Waals surface area contributed by atoms with Gasteiger partial charge in [0.25, 0.3) is 0 Å². The van der Waals surface area contributed by atoms with Crippen LogP contribution in [0, 0.1) is 0 Å². The summed E-state index contributed by atoms with van der Waals surface area (Å²) in [5, 5.41) is 9.41. The second kappa shape index (κ2) is 7.51. The number of thioether (sulfide) groups is 1. The summed E-state index contributed by atoms with van der Waals surface area (Å²) >= 11 is 8.44. The van der Waals surface area contributed by atoms with E-state index >= 15 is 0 Å². The molecule has 0 bridgehead atoms. The van der Waals surface area contributed by atoms with Crippen LogP contribution in [0.1, 0.15) is 5.56 Å². The molecule has 0 saturated carbocycles. The van der Waals surface area contributed by atoms with Gasteiger partial charge in [0.15, 0.2) is 15.6 Å². The summed E-state index contributed by atoms with van der Waals surface area (Å²) < 4.78 is 9.34. The van der Waals surface area contributed by atoms with Gasteiger partial charge in [0.2, 0.25) is 5.82 Å². The van der Waals surface area contributed by atoms with Crippen LogP contribution in [-0.2, 0) is 12.3 Å². The van der Waals surface area contributed by atoms with Gasteiger partial charge in [0.1, 0.15) is 0 Å². The van der Waals surface area contributed by atoms with Gasteiger partial charge in [0.05, 0.1) is 0 Å². The number of hydrogen-bond acceptors (Lipinski definition) is 4. The largest absolute Gasteiger partial charge is 0.446 e. The molecule has 23 heavy (non-hydrogen) atoms. The maximum absolute atomic E-state index is 5.59. The first-order valence-corrected chi connectivity index (χ1v) is 9.41. The Bertz CT molecular complexity index is 828. The SMILES string of the molecule is C=CCn1c(SCc2cccc(Br)c2)nnc1-c1ccc(Br)o1. The molecule has 2 heterocycles. The molecule has 0 aliphatic carbocycles. The minimum atomic E-state index is 0.626. The van der Waals surface area contributed by atoms with Gasteiger partial charge < -0.3 is 4.42 Å². The van der Waals surface area contributed by atoms with E-state index in [1.54, 1.807) is 11.8 Å². The molecule has 0 spiro atoms. The van der Waals surface area contributed by atoms with Crippen molar-refractivity contribution in [3.63, 3.8) is 0 Å². The molecule has 0 fully saturated rings. The van der Waals surface area contributed by atoms with Gasteiger partial charge in [-0.15, -0.1) is 16.8 Å². The van der Waals surface area contributed by atoms with Crippen molar-refractivity contribution in [1.29, 1.82) is 0 Å². The van der Waals surface area contributed by atoms with Crippen molar-refractivity contribution >= 4 is 43.6 Å². The van der Waals surface area contributed by atoms with E-state index in [1.807, 2.05) is 34.9 Å². The van der Waals surface area contributed by atoms with Gasteiger partial charge in [0, 0.05) is 16.8 Å². The van der Waals surface area contributed by atoms with Gasteiger partial charge in [-0.05, 0) is 45.8 Å². The maximum Gasteiger partial charge on any atom is 0.200 e. The van der Waals surface area contributed by atoms with E-state index < -0.39 is 0 Å². The van der Waals surface area contributed by atoms with Crippen LogP contribution in [0.5, 0.6) is 0 Å². The lowest BCUT2D eigenvalue weighted by molar-refractivity contribution is 0.545. The molecule has 4 nitrogen and oxygen atoms in total. The lowest BCUT2D eigenvalue weighted by Gasteiger charge is -2.06. The molecular formula is C16H13Br2N3OS. The quantitative estimate of drug-likeness (QED) is 0.362. The van der Waals surface area contributed by atoms with Crippen LogP contribution in [0.15, 0.2) is 67.8 Å². The Morgan fingerprint density at radius 1 is 1.22 bits per heavy atom. The third kappa shape index (κ3) is 3.97. The zero-order valence-electron chi connectivity index (χ0n) is 12.1. The minimum absolute atomic E-state index is 0.626. The second-order valence-corrected chi connectivity index (χ2v) is 7.37. The first kappa shape index (κ1) is 16.5. The van der Waals surface area contributed by atoms with Crippen molar-refractivity contribution in [3.8, 4) is 11.6 Å². The molecule has 0 radical (unpaired) electrons. The number of hydrogen-bond donors (Lipinski definition) is 0. The summed E-state index contributed by atoms with van der Waals surface area (Å²) in [5.74, 6) is 2.20. The summed E-state index contributed by atoms with van der Waals surface area (Å²) in [4.78, 5) is 0. The highest BCUT2D eigenvalue weighted by atomic mass is 79.9. The van der Waals surface area contributed by atoms with Gasteiger partial charge >= 0.3 is 0 Å². The van der Waals surface area contributed by atoms with Crippen molar-refractivity contribution in [1.82, 2.24) is 14.8 Å². The summed E-state index contributed by atoms with van der Waals surface area (Å²) in [7, 11) is 0. The third-order valence-electron chi connectivity index (χ3n) is 3.08. The molecule has 7 heteroatoms. The van der Waals surface area contributed by atoms with E-state index in [0.29, 0.717) is 22.8 Å². The summed E-state index contributed by atoms with van der Waals surface area (Å²) in [6.07, 6.45) is 1.83. The molecule has 0 aliphatic rings. The third-order valence-corrected chi connectivity index (χ3v) is 5.04. The van der Waals surface area contributed by atoms with Crippen LogP contribution in [0.3, 0.4) is 0 Å². The van der Waals surface area contributed by atoms with Crippen molar-refractivity contribution in [2.24, 2.45) is 0 Å². The van der Waals surface area contributed by atoms with E-state index in [1.165, 1.54) is 5.56 Å². The predicted octanol–water partition coefficient (Wildman–Crippen LogP) is 5.54. The van der Waals surface area contributed by atoms with E-state index in [9.17, 15) is 0 Å². The van der Waals surface area contributed by atoms with Crippen molar-refractivity contribution in [2.45, 2.75) is 17.5 Å². The lowest BCUT2D eigenvalue weighted by Crippen LogP contribution is -2.00. The number of furan rings is 1. The second-order valence-electron chi connectivity index (χ2n) is 4.73. The fourth-order valence-corrected chi connectivity index (χ4v) is 3.72. The highest BCUT2D eigenvalue weighted by Crippen LogP contribution is 2.29. The molecule has 0 saturated heterocycles. The standard InChI is InChI=1S/C16H13Br2N3OS/c1-2-8-21-15(13-6-7-14(18)22-13)19-20-16(21)23-10-11-4-3-5-12(17)9-11/h2-7,9H,1,8,10H2. The molecule has 0 atom stereocenters. The normalized spacial score (nSPS) is 10.9. The predicted molar refractivity (Wildman–Crippen MR) is 99.3 cm³/mol. The van der Waals surface area contributed by atoms with Crippen LogP contribution in [0.4, 0.5) is 0 Å². The van der Waals surface area contributed by atoms with Gasteiger partial charge in [-0.3, -0.25) is 4.57 Å². The van der Waals surface area contributed by atoms with Crippen molar-refractivity contribution in [3.05, 3.63) is 63.8 Å². The first-order valence-electron chi connectivity index (χ1n) is 6.84.